The number of hydrogen-bond donors (Lipinski definition) is 1. The average Bonchev–Trinajstić information content (AvgIpc) is 3.15. The van der Waals surface area contributed by atoms with Gasteiger partial charge in [-0.05, 0) is 43.4 Å². The van der Waals surface area contributed by atoms with Gasteiger partial charge in [0.1, 0.15) is 11.1 Å². The summed E-state index contributed by atoms with van der Waals surface area (Å²) in [6.07, 6.45) is -3.04. The van der Waals surface area contributed by atoms with Crippen LogP contribution in [0.2, 0.25) is 0 Å². The fraction of sp³-hybridized carbons (Fsp3) is 0.483. The van der Waals surface area contributed by atoms with E-state index < -0.39 is 34.5 Å². The summed E-state index contributed by atoms with van der Waals surface area (Å²) in [4.78, 5) is 45.3. The Labute approximate surface area is 231 Å². The Kier molecular flexibility index (Phi) is 8.05. The molecule has 0 spiro atoms. The van der Waals surface area contributed by atoms with E-state index >= 15 is 0 Å². The summed E-state index contributed by atoms with van der Waals surface area (Å²) in [7, 11) is 1.60. The number of hydrazone groups is 1. The van der Waals surface area contributed by atoms with Crippen molar-refractivity contribution in [3.8, 4) is 0 Å². The fourth-order valence-corrected chi connectivity index (χ4v) is 5.66. The van der Waals surface area contributed by atoms with Gasteiger partial charge in [-0.1, -0.05) is 50.2 Å². The molecule has 2 atom stereocenters. The van der Waals surface area contributed by atoms with Crippen molar-refractivity contribution in [1.82, 2.24) is 14.9 Å². The number of alkyl halides is 3. The van der Waals surface area contributed by atoms with Crippen LogP contribution in [0.25, 0.3) is 0 Å². The highest BCUT2D eigenvalue weighted by Gasteiger charge is 2.54. The number of hydrogen-bond acceptors (Lipinski definition) is 5. The SMILES string of the molecule is CN1N=C2CCN(C(=O)[C@H](CCCc3cccc(C(F)(F)F)n3)C(C)(C)C(N)=O)C[C@@]2(Cc2ccccc2)C1=O. The van der Waals surface area contributed by atoms with E-state index in [1.54, 1.807) is 25.8 Å². The summed E-state index contributed by atoms with van der Waals surface area (Å²) in [6.45, 7) is 3.65. The number of primary amides is 1. The number of piperidine rings is 1. The minimum absolute atomic E-state index is 0.114. The van der Waals surface area contributed by atoms with E-state index in [0.29, 0.717) is 25.8 Å². The number of aromatic nitrogens is 1. The first-order valence-corrected chi connectivity index (χ1v) is 13.3. The summed E-state index contributed by atoms with van der Waals surface area (Å²) < 4.78 is 39.3. The molecule has 2 N–H and O–H groups in total. The van der Waals surface area contributed by atoms with Crippen molar-refractivity contribution in [2.45, 2.75) is 52.1 Å². The summed E-state index contributed by atoms with van der Waals surface area (Å²) >= 11 is 0. The monoisotopic (exact) mass is 557 g/mol. The number of aryl methyl sites for hydroxylation is 1. The summed E-state index contributed by atoms with van der Waals surface area (Å²) in [6, 6.07) is 13.2. The van der Waals surface area contributed by atoms with Gasteiger partial charge in [0.2, 0.25) is 11.8 Å². The van der Waals surface area contributed by atoms with Gasteiger partial charge in [0.15, 0.2) is 0 Å². The molecule has 214 valence electrons. The van der Waals surface area contributed by atoms with Crippen LogP contribution in [0.3, 0.4) is 0 Å². The molecule has 0 aliphatic carbocycles. The molecule has 1 aromatic heterocycles. The number of carbonyl (C=O) groups is 3. The number of likely N-dealkylation sites (tertiary alicyclic amines) is 1. The van der Waals surface area contributed by atoms with Crippen LogP contribution in [0.15, 0.2) is 53.6 Å². The Morgan fingerprint density at radius 2 is 1.80 bits per heavy atom. The number of halogens is 3. The minimum atomic E-state index is -4.56. The summed E-state index contributed by atoms with van der Waals surface area (Å²) in [5.74, 6) is -1.99. The molecule has 2 aliphatic heterocycles. The van der Waals surface area contributed by atoms with Crippen LogP contribution in [0.1, 0.15) is 50.1 Å². The van der Waals surface area contributed by atoms with E-state index in [4.69, 9.17) is 5.73 Å². The lowest BCUT2D eigenvalue weighted by Gasteiger charge is -2.42. The lowest BCUT2D eigenvalue weighted by Crippen LogP contribution is -2.58. The fourth-order valence-electron chi connectivity index (χ4n) is 5.66. The Morgan fingerprint density at radius 3 is 2.45 bits per heavy atom. The number of rotatable bonds is 9. The first-order valence-electron chi connectivity index (χ1n) is 13.3. The first-order chi connectivity index (χ1) is 18.8. The Balaban J connectivity index is 1.56. The quantitative estimate of drug-likeness (QED) is 0.505. The number of benzene rings is 1. The largest absolute Gasteiger partial charge is 0.433 e. The molecule has 8 nitrogen and oxygen atoms in total. The molecule has 2 aromatic rings. The van der Waals surface area contributed by atoms with Crippen LogP contribution < -0.4 is 5.73 Å². The highest BCUT2D eigenvalue weighted by molar-refractivity contribution is 6.13. The molecule has 0 unspecified atom stereocenters. The topological polar surface area (TPSA) is 109 Å². The van der Waals surface area contributed by atoms with E-state index in [0.717, 1.165) is 17.3 Å². The van der Waals surface area contributed by atoms with Gasteiger partial charge in [0.05, 0.1) is 17.0 Å². The zero-order chi connectivity index (χ0) is 29.3. The molecule has 2 aliphatic rings. The van der Waals surface area contributed by atoms with E-state index in [2.05, 4.69) is 10.1 Å². The van der Waals surface area contributed by atoms with Gasteiger partial charge in [-0.15, -0.1) is 0 Å². The third kappa shape index (κ3) is 5.73. The second kappa shape index (κ2) is 11.0. The van der Waals surface area contributed by atoms with Crippen molar-refractivity contribution in [3.05, 3.63) is 65.5 Å². The van der Waals surface area contributed by atoms with Gasteiger partial charge in [-0.2, -0.15) is 18.3 Å². The predicted molar refractivity (Wildman–Crippen MR) is 143 cm³/mol. The van der Waals surface area contributed by atoms with Crippen molar-refractivity contribution < 1.29 is 27.6 Å². The first kappa shape index (κ1) is 29.2. The third-order valence-corrected chi connectivity index (χ3v) is 8.09. The molecular formula is C29H34F3N5O3. The van der Waals surface area contributed by atoms with Crippen LogP contribution in [0, 0.1) is 16.7 Å². The van der Waals surface area contributed by atoms with Gasteiger partial charge in [-0.25, -0.2) is 9.99 Å². The second-order valence-corrected chi connectivity index (χ2v) is 11.2. The van der Waals surface area contributed by atoms with Crippen LogP contribution in [0.5, 0.6) is 0 Å². The molecule has 11 heteroatoms. The molecule has 0 bridgehead atoms. The van der Waals surface area contributed by atoms with Gasteiger partial charge >= 0.3 is 6.18 Å². The Bertz CT molecular complexity index is 1310. The third-order valence-electron chi connectivity index (χ3n) is 8.09. The zero-order valence-corrected chi connectivity index (χ0v) is 22.9. The van der Waals surface area contributed by atoms with Crippen LogP contribution in [-0.4, -0.2) is 58.5 Å². The second-order valence-electron chi connectivity index (χ2n) is 11.2. The highest BCUT2D eigenvalue weighted by Crippen LogP contribution is 2.40. The number of pyridine rings is 1. The van der Waals surface area contributed by atoms with Gasteiger partial charge < -0.3 is 10.6 Å². The molecule has 3 heterocycles. The van der Waals surface area contributed by atoms with Gasteiger partial charge in [-0.3, -0.25) is 14.4 Å². The lowest BCUT2D eigenvalue weighted by atomic mass is 9.71. The molecule has 1 fully saturated rings. The molecule has 4 rings (SSSR count). The van der Waals surface area contributed by atoms with E-state index in [9.17, 15) is 27.6 Å². The number of nitrogens with zero attached hydrogens (tertiary/aromatic N) is 4. The maximum absolute atomic E-state index is 14.0. The number of nitrogens with two attached hydrogens (primary N) is 1. The van der Waals surface area contributed by atoms with E-state index in [1.807, 2.05) is 30.3 Å². The van der Waals surface area contributed by atoms with Crippen molar-refractivity contribution in [3.63, 3.8) is 0 Å². The summed E-state index contributed by atoms with van der Waals surface area (Å²) in [5.41, 5.74) is 4.43. The maximum atomic E-state index is 14.0. The van der Waals surface area contributed by atoms with Crippen molar-refractivity contribution in [1.29, 1.82) is 0 Å². The Hall–Kier alpha value is -3.76. The van der Waals surface area contributed by atoms with Crippen molar-refractivity contribution in [2.24, 2.45) is 27.6 Å². The van der Waals surface area contributed by atoms with Crippen molar-refractivity contribution in [2.75, 3.05) is 20.1 Å². The molecule has 0 radical (unpaired) electrons. The van der Waals surface area contributed by atoms with Crippen LogP contribution >= 0.6 is 0 Å². The highest BCUT2D eigenvalue weighted by atomic mass is 19.4. The molecule has 3 amide bonds. The van der Waals surface area contributed by atoms with E-state index in [1.165, 1.54) is 17.1 Å². The van der Waals surface area contributed by atoms with Gasteiger partial charge in [0.25, 0.3) is 5.91 Å². The summed E-state index contributed by atoms with van der Waals surface area (Å²) in [5, 5.41) is 5.82. The van der Waals surface area contributed by atoms with Crippen molar-refractivity contribution >= 4 is 23.4 Å². The van der Waals surface area contributed by atoms with E-state index in [-0.39, 0.29) is 36.9 Å². The lowest BCUT2D eigenvalue weighted by molar-refractivity contribution is -0.148. The molecule has 0 saturated carbocycles. The van der Waals surface area contributed by atoms with Crippen LogP contribution in [0.4, 0.5) is 13.2 Å². The number of fused-ring (bicyclic) bond motifs is 1. The molecule has 40 heavy (non-hydrogen) atoms. The number of carbonyl (C=O) groups excluding carboxylic acids is 3. The molecular weight excluding hydrogens is 523 g/mol. The average molecular weight is 558 g/mol. The predicted octanol–water partition coefficient (Wildman–Crippen LogP) is 3.84. The zero-order valence-electron chi connectivity index (χ0n) is 22.9. The van der Waals surface area contributed by atoms with Crippen LogP contribution in [-0.2, 0) is 33.4 Å². The minimum Gasteiger partial charge on any atom is -0.369 e. The van der Waals surface area contributed by atoms with Gasteiger partial charge in [0, 0.05) is 32.3 Å². The molecule has 1 saturated heterocycles. The number of amides is 3. The Morgan fingerprint density at radius 1 is 1.10 bits per heavy atom. The smallest absolute Gasteiger partial charge is 0.369 e. The normalized spacial score (nSPS) is 20.2. The molecule has 1 aromatic carbocycles. The maximum Gasteiger partial charge on any atom is 0.433 e. The standard InChI is InChI=1S/C29H34F3N5O3/c1-27(2,25(33)39)21(13-7-11-20-12-8-14-23(34-20)29(30,31)32)24(38)37-16-15-22-28(18-37,26(40)36(3)35-22)17-19-9-5-4-6-10-19/h4-6,8-10,12,14,21H,7,11,13,15-18H2,1-3H3,(H2,33,39)/t21-,28+/m0/s1.